The lowest BCUT2D eigenvalue weighted by molar-refractivity contribution is 0.0960. The highest BCUT2D eigenvalue weighted by Gasteiger charge is 2.43. The van der Waals surface area contributed by atoms with Gasteiger partial charge in [-0.2, -0.15) is 0 Å². The van der Waals surface area contributed by atoms with E-state index in [9.17, 15) is 8.42 Å². The van der Waals surface area contributed by atoms with Crippen LogP contribution >= 0.6 is 0 Å². The summed E-state index contributed by atoms with van der Waals surface area (Å²) in [4.78, 5) is 0. The quantitative estimate of drug-likeness (QED) is 0.807. The van der Waals surface area contributed by atoms with Gasteiger partial charge in [0.15, 0.2) is 0 Å². The Morgan fingerprint density at radius 3 is 2.20 bits per heavy atom. The smallest absolute Gasteiger partial charge is 0.147 e. The summed E-state index contributed by atoms with van der Waals surface area (Å²) in [5, 5.41) is 0. The lowest BCUT2D eigenvalue weighted by Crippen LogP contribution is -2.55. The third kappa shape index (κ3) is 3.18. The molecule has 0 saturated heterocycles. The molecule has 0 aliphatic heterocycles. The topological polar surface area (TPSA) is 60.2 Å². The van der Waals surface area contributed by atoms with Gasteiger partial charge in [-0.3, -0.25) is 0 Å². The van der Waals surface area contributed by atoms with Gasteiger partial charge >= 0.3 is 0 Å². The predicted octanol–water partition coefficient (Wildman–Crippen LogP) is 1.72. The summed E-state index contributed by atoms with van der Waals surface area (Å²) in [7, 11) is -2.89. The maximum atomic E-state index is 11.2. The molecule has 15 heavy (non-hydrogen) atoms. The minimum Gasteiger partial charge on any atom is -0.325 e. The number of nitrogens with two attached hydrogens (primary N) is 1. The monoisotopic (exact) mass is 233 g/mol. The summed E-state index contributed by atoms with van der Waals surface area (Å²) in [6.07, 6.45) is 6.28. The van der Waals surface area contributed by atoms with Crippen molar-refractivity contribution in [3.8, 4) is 0 Å². The summed E-state index contributed by atoms with van der Waals surface area (Å²) >= 11 is 0. The predicted molar refractivity (Wildman–Crippen MR) is 63.5 cm³/mol. The molecule has 3 nitrogen and oxygen atoms in total. The third-order valence-corrected chi connectivity index (χ3v) is 4.89. The molecule has 0 heterocycles. The van der Waals surface area contributed by atoms with Crippen molar-refractivity contribution >= 4 is 9.84 Å². The molecule has 4 heteroatoms. The second-order valence-electron chi connectivity index (χ2n) is 5.63. The zero-order valence-electron chi connectivity index (χ0n) is 10.0. The van der Waals surface area contributed by atoms with Crippen LogP contribution in [0, 0.1) is 5.41 Å². The second-order valence-corrected chi connectivity index (χ2v) is 7.89. The molecule has 1 fully saturated rings. The average Bonchev–Trinajstić information content (AvgIpc) is 2.06. The van der Waals surface area contributed by atoms with Crippen molar-refractivity contribution in [2.24, 2.45) is 11.1 Å². The van der Waals surface area contributed by atoms with Gasteiger partial charge in [0.25, 0.3) is 0 Å². The fourth-order valence-electron chi connectivity index (χ4n) is 2.43. The Bertz CT molecular complexity index is 321. The first-order chi connectivity index (χ1) is 6.66. The maximum Gasteiger partial charge on any atom is 0.147 e. The molecule has 1 aliphatic rings. The molecule has 2 N–H and O–H groups in total. The second kappa shape index (κ2) is 4.06. The molecule has 0 aromatic rings. The van der Waals surface area contributed by atoms with E-state index in [1.165, 1.54) is 12.7 Å². The van der Waals surface area contributed by atoms with Crippen LogP contribution in [0.3, 0.4) is 0 Å². The summed E-state index contributed by atoms with van der Waals surface area (Å²) in [5.74, 6) is 0.215. The fraction of sp³-hybridized carbons (Fsp3) is 1.00. The van der Waals surface area contributed by atoms with E-state index in [1.54, 1.807) is 0 Å². The van der Waals surface area contributed by atoms with Crippen LogP contribution in [-0.2, 0) is 9.84 Å². The highest BCUT2D eigenvalue weighted by Crippen LogP contribution is 2.44. The summed E-state index contributed by atoms with van der Waals surface area (Å²) in [5.41, 5.74) is 6.15. The molecular formula is C11H23NO2S. The lowest BCUT2D eigenvalue weighted by atomic mass is 9.62. The molecule has 0 aromatic carbocycles. The standard InChI is InChI=1S/C11H23NO2S/c1-10(2)6-4-5-7-11(10,12)8-9-15(3,13)14/h4-9,12H2,1-3H3. The Morgan fingerprint density at radius 2 is 1.73 bits per heavy atom. The van der Waals surface area contributed by atoms with Gasteiger partial charge in [0.2, 0.25) is 0 Å². The Morgan fingerprint density at radius 1 is 1.20 bits per heavy atom. The van der Waals surface area contributed by atoms with E-state index in [2.05, 4.69) is 13.8 Å². The number of hydrogen-bond acceptors (Lipinski definition) is 3. The summed E-state index contributed by atoms with van der Waals surface area (Å²) < 4.78 is 22.3. The van der Waals surface area contributed by atoms with Gasteiger partial charge in [0.1, 0.15) is 9.84 Å². The van der Waals surface area contributed by atoms with Crippen LogP contribution in [0.2, 0.25) is 0 Å². The molecule has 1 aliphatic carbocycles. The van der Waals surface area contributed by atoms with Crippen LogP contribution < -0.4 is 5.73 Å². The van der Waals surface area contributed by atoms with Gasteiger partial charge in [0.05, 0.1) is 5.75 Å². The first-order valence-electron chi connectivity index (χ1n) is 5.63. The Kier molecular flexibility index (Phi) is 3.51. The van der Waals surface area contributed by atoms with Gasteiger partial charge in [-0.1, -0.05) is 26.7 Å². The van der Waals surface area contributed by atoms with Gasteiger partial charge in [-0.25, -0.2) is 8.42 Å². The van der Waals surface area contributed by atoms with E-state index in [1.807, 2.05) is 0 Å². The van der Waals surface area contributed by atoms with Crippen molar-refractivity contribution in [3.05, 3.63) is 0 Å². The van der Waals surface area contributed by atoms with Crippen LogP contribution in [0.25, 0.3) is 0 Å². The van der Waals surface area contributed by atoms with E-state index < -0.39 is 9.84 Å². The normalized spacial score (nSPS) is 31.5. The van der Waals surface area contributed by atoms with Crippen molar-refractivity contribution in [1.82, 2.24) is 0 Å². The van der Waals surface area contributed by atoms with E-state index in [0.29, 0.717) is 6.42 Å². The zero-order chi connectivity index (χ0) is 11.7. The van der Waals surface area contributed by atoms with Gasteiger partial charge in [-0.15, -0.1) is 0 Å². The third-order valence-electron chi connectivity index (χ3n) is 3.94. The van der Waals surface area contributed by atoms with Crippen LogP contribution in [0.15, 0.2) is 0 Å². The van der Waals surface area contributed by atoms with E-state index >= 15 is 0 Å². The minimum atomic E-state index is -2.89. The molecule has 0 amide bonds. The number of rotatable bonds is 3. The van der Waals surface area contributed by atoms with Crippen molar-refractivity contribution in [3.63, 3.8) is 0 Å². The van der Waals surface area contributed by atoms with Crippen molar-refractivity contribution in [2.45, 2.75) is 51.5 Å². The Balaban J connectivity index is 2.71. The van der Waals surface area contributed by atoms with Crippen LogP contribution in [0.5, 0.6) is 0 Å². The highest BCUT2D eigenvalue weighted by molar-refractivity contribution is 7.90. The van der Waals surface area contributed by atoms with Crippen molar-refractivity contribution < 1.29 is 8.42 Å². The van der Waals surface area contributed by atoms with Crippen LogP contribution in [-0.4, -0.2) is 26.0 Å². The number of hydrogen-bond donors (Lipinski definition) is 1. The molecule has 1 unspecified atom stereocenters. The Labute approximate surface area is 93.3 Å². The Hall–Kier alpha value is -0.0900. The maximum absolute atomic E-state index is 11.2. The van der Waals surface area contributed by atoms with Crippen molar-refractivity contribution in [1.29, 1.82) is 0 Å². The van der Waals surface area contributed by atoms with Gasteiger partial charge in [0, 0.05) is 11.8 Å². The van der Waals surface area contributed by atoms with E-state index in [0.717, 1.165) is 19.3 Å². The fourth-order valence-corrected chi connectivity index (χ4v) is 3.16. The van der Waals surface area contributed by atoms with Crippen LogP contribution in [0.1, 0.15) is 46.0 Å². The average molecular weight is 233 g/mol. The number of sulfone groups is 1. The first kappa shape index (κ1) is 13.0. The van der Waals surface area contributed by atoms with E-state index in [4.69, 9.17) is 5.73 Å². The zero-order valence-corrected chi connectivity index (χ0v) is 10.9. The van der Waals surface area contributed by atoms with Gasteiger partial charge < -0.3 is 5.73 Å². The molecule has 1 rings (SSSR count). The van der Waals surface area contributed by atoms with E-state index in [-0.39, 0.29) is 16.7 Å². The lowest BCUT2D eigenvalue weighted by Gasteiger charge is -2.48. The summed E-state index contributed by atoms with van der Waals surface area (Å²) in [6.45, 7) is 4.32. The summed E-state index contributed by atoms with van der Waals surface area (Å²) in [6, 6.07) is 0. The molecule has 90 valence electrons. The SMILES string of the molecule is CC1(C)CCCCC1(N)CCS(C)(=O)=O. The molecular weight excluding hydrogens is 210 g/mol. The molecule has 0 aromatic heterocycles. The van der Waals surface area contributed by atoms with Crippen molar-refractivity contribution in [2.75, 3.05) is 12.0 Å². The first-order valence-corrected chi connectivity index (χ1v) is 7.69. The largest absolute Gasteiger partial charge is 0.325 e. The van der Waals surface area contributed by atoms with Crippen LogP contribution in [0.4, 0.5) is 0 Å². The molecule has 0 spiro atoms. The van der Waals surface area contributed by atoms with Gasteiger partial charge in [-0.05, 0) is 24.7 Å². The molecule has 0 radical (unpaired) electrons. The highest BCUT2D eigenvalue weighted by atomic mass is 32.2. The molecule has 0 bridgehead atoms. The minimum absolute atomic E-state index is 0.0654. The molecule has 1 saturated carbocycles. The molecule has 1 atom stereocenters.